The molecule has 34 heavy (non-hydrogen) atoms. The number of sulfonamides is 1. The molecule has 0 bridgehead atoms. The Balaban J connectivity index is 1.40. The van der Waals surface area contributed by atoms with Crippen molar-refractivity contribution >= 4 is 27.7 Å². The molecule has 0 aliphatic heterocycles. The molecule has 0 radical (unpaired) electrons. The number of hydrogen-bond donors (Lipinski definition) is 2. The fourth-order valence-electron chi connectivity index (χ4n) is 3.96. The van der Waals surface area contributed by atoms with E-state index in [1.807, 2.05) is 49.9 Å². The van der Waals surface area contributed by atoms with E-state index in [1.165, 1.54) is 24.3 Å². The molecule has 9 heteroatoms. The Kier molecular flexibility index (Phi) is 6.44. The Morgan fingerprint density at radius 1 is 1.12 bits per heavy atom. The van der Waals surface area contributed by atoms with Gasteiger partial charge in [-0.05, 0) is 81.8 Å². The molecular weight excluding hydrogens is 454 g/mol. The van der Waals surface area contributed by atoms with Gasteiger partial charge in [-0.25, -0.2) is 18.4 Å². The Labute approximate surface area is 200 Å². The summed E-state index contributed by atoms with van der Waals surface area (Å²) in [5.74, 6) is 0.379. The van der Waals surface area contributed by atoms with Crippen LogP contribution in [0.2, 0.25) is 0 Å². The zero-order chi connectivity index (χ0) is 24.7. The lowest BCUT2D eigenvalue weighted by Crippen LogP contribution is -2.40. The highest BCUT2D eigenvalue weighted by Crippen LogP contribution is 2.47. The van der Waals surface area contributed by atoms with E-state index in [0.717, 1.165) is 31.4 Å². The number of nitrogens with one attached hydrogen (secondary N) is 1. The zero-order valence-corrected chi connectivity index (χ0v) is 20.5. The van der Waals surface area contributed by atoms with E-state index < -0.39 is 21.5 Å². The molecule has 2 fully saturated rings. The van der Waals surface area contributed by atoms with Crippen LogP contribution >= 0.6 is 0 Å². The lowest BCUT2D eigenvalue weighted by Gasteiger charge is -2.28. The van der Waals surface area contributed by atoms with Crippen molar-refractivity contribution < 1.29 is 22.7 Å². The molecule has 2 aromatic rings. The second kappa shape index (κ2) is 9.03. The van der Waals surface area contributed by atoms with Crippen molar-refractivity contribution in [2.75, 3.05) is 11.9 Å². The van der Waals surface area contributed by atoms with Gasteiger partial charge < -0.3 is 15.0 Å². The molecule has 2 aromatic carbocycles. The molecule has 2 aliphatic rings. The average molecular weight is 486 g/mol. The van der Waals surface area contributed by atoms with Crippen LogP contribution in [0.1, 0.15) is 61.9 Å². The number of rotatable bonds is 7. The number of anilines is 1. The molecule has 0 aromatic heterocycles. The third-order valence-corrected chi connectivity index (χ3v) is 6.87. The topological polar surface area (TPSA) is 119 Å². The Morgan fingerprint density at radius 2 is 1.79 bits per heavy atom. The summed E-state index contributed by atoms with van der Waals surface area (Å²) < 4.78 is 28.7. The van der Waals surface area contributed by atoms with E-state index in [4.69, 9.17) is 9.88 Å². The fourth-order valence-corrected chi connectivity index (χ4v) is 4.52. The molecule has 182 valence electrons. The van der Waals surface area contributed by atoms with Gasteiger partial charge in [-0.2, -0.15) is 0 Å². The van der Waals surface area contributed by atoms with Gasteiger partial charge >= 0.3 is 6.09 Å². The fraction of sp³-hybridized carbons (Fsp3) is 0.440. The van der Waals surface area contributed by atoms with Crippen molar-refractivity contribution in [2.45, 2.75) is 62.5 Å². The summed E-state index contributed by atoms with van der Waals surface area (Å²) in [6.07, 6.45) is 2.95. The van der Waals surface area contributed by atoms with Crippen molar-refractivity contribution in [1.29, 1.82) is 0 Å². The van der Waals surface area contributed by atoms with E-state index in [9.17, 15) is 18.0 Å². The van der Waals surface area contributed by atoms with Gasteiger partial charge in [0.2, 0.25) is 10.0 Å². The van der Waals surface area contributed by atoms with Crippen LogP contribution in [-0.2, 0) is 14.8 Å². The standard InChI is InChI=1S/C25H31N3O5S/c1-25(2,3)33-24(30)28(15-16-7-8-16)22-14-21(22)17-9-11-19(12-10-17)27-23(29)18-5-4-6-20(13-18)34(26,31)32/h4-6,9-13,16,21-22H,7-8,14-15H2,1-3H3,(H,27,29)(H2,26,31,32)/t21-,22+/m0/s1. The maximum Gasteiger partial charge on any atom is 0.410 e. The molecule has 2 saturated carbocycles. The van der Waals surface area contributed by atoms with Gasteiger partial charge in [0, 0.05) is 29.8 Å². The largest absolute Gasteiger partial charge is 0.444 e. The molecule has 4 rings (SSSR count). The summed E-state index contributed by atoms with van der Waals surface area (Å²) >= 11 is 0. The number of carbonyl (C=O) groups excluding carboxylic acids is 2. The highest BCUT2D eigenvalue weighted by atomic mass is 32.2. The van der Waals surface area contributed by atoms with E-state index in [2.05, 4.69) is 5.32 Å². The van der Waals surface area contributed by atoms with Crippen LogP contribution in [0, 0.1) is 5.92 Å². The number of carbonyl (C=O) groups is 2. The quantitative estimate of drug-likeness (QED) is 0.612. The predicted molar refractivity (Wildman–Crippen MR) is 129 cm³/mol. The summed E-state index contributed by atoms with van der Waals surface area (Å²) in [7, 11) is -3.89. The molecule has 2 aliphatic carbocycles. The summed E-state index contributed by atoms with van der Waals surface area (Å²) in [5, 5.41) is 7.93. The van der Waals surface area contributed by atoms with Gasteiger partial charge in [0.1, 0.15) is 5.60 Å². The molecule has 2 atom stereocenters. The molecule has 2 amide bonds. The molecule has 8 nitrogen and oxygen atoms in total. The van der Waals surface area contributed by atoms with Crippen molar-refractivity contribution in [1.82, 2.24) is 4.90 Å². The minimum Gasteiger partial charge on any atom is -0.444 e. The first-order chi connectivity index (χ1) is 15.9. The van der Waals surface area contributed by atoms with Crippen molar-refractivity contribution in [3.63, 3.8) is 0 Å². The Hall–Kier alpha value is -2.91. The summed E-state index contributed by atoms with van der Waals surface area (Å²) in [6.45, 7) is 6.37. The first-order valence-electron chi connectivity index (χ1n) is 11.4. The number of hydrogen-bond acceptors (Lipinski definition) is 5. The van der Waals surface area contributed by atoms with Gasteiger partial charge in [0.15, 0.2) is 0 Å². The number of ether oxygens (including phenoxy) is 1. The van der Waals surface area contributed by atoms with E-state index in [0.29, 0.717) is 11.6 Å². The lowest BCUT2D eigenvalue weighted by molar-refractivity contribution is 0.0220. The summed E-state index contributed by atoms with van der Waals surface area (Å²) in [4.78, 5) is 27.1. The van der Waals surface area contributed by atoms with E-state index >= 15 is 0 Å². The predicted octanol–water partition coefficient (Wildman–Crippen LogP) is 4.09. The van der Waals surface area contributed by atoms with Gasteiger partial charge in [0.25, 0.3) is 5.91 Å². The van der Waals surface area contributed by atoms with Crippen LogP contribution in [0.5, 0.6) is 0 Å². The van der Waals surface area contributed by atoms with E-state index in [-0.39, 0.29) is 28.5 Å². The van der Waals surface area contributed by atoms with Gasteiger partial charge in [-0.3, -0.25) is 4.79 Å². The third-order valence-electron chi connectivity index (χ3n) is 5.96. The number of amides is 2. The monoisotopic (exact) mass is 485 g/mol. The SMILES string of the molecule is CC(C)(C)OC(=O)N(CC1CC1)[C@@H]1C[C@H]1c1ccc(NC(=O)c2cccc(S(N)(=O)=O)c2)cc1. The van der Waals surface area contributed by atoms with Gasteiger partial charge in [0.05, 0.1) is 4.90 Å². The van der Waals surface area contributed by atoms with E-state index in [1.54, 1.807) is 0 Å². The maximum absolute atomic E-state index is 12.8. The van der Waals surface area contributed by atoms with Crippen LogP contribution in [-0.4, -0.2) is 43.5 Å². The number of nitrogens with two attached hydrogens (primary N) is 1. The van der Waals surface area contributed by atoms with Crippen LogP contribution in [0.4, 0.5) is 10.5 Å². The summed E-state index contributed by atoms with van der Waals surface area (Å²) in [5.41, 5.74) is 1.36. The Morgan fingerprint density at radius 3 is 2.38 bits per heavy atom. The molecule has 0 heterocycles. The van der Waals surface area contributed by atoms with Gasteiger partial charge in [-0.1, -0.05) is 18.2 Å². The maximum atomic E-state index is 12.8. The van der Waals surface area contributed by atoms with Crippen LogP contribution < -0.4 is 10.5 Å². The zero-order valence-electron chi connectivity index (χ0n) is 19.7. The van der Waals surface area contributed by atoms with Crippen LogP contribution in [0.25, 0.3) is 0 Å². The molecule has 0 saturated heterocycles. The summed E-state index contributed by atoms with van der Waals surface area (Å²) in [6, 6.07) is 13.2. The first kappa shape index (κ1) is 24.2. The van der Waals surface area contributed by atoms with Crippen LogP contribution in [0.3, 0.4) is 0 Å². The van der Waals surface area contributed by atoms with Crippen LogP contribution in [0.15, 0.2) is 53.4 Å². The smallest absolute Gasteiger partial charge is 0.410 e. The minimum absolute atomic E-state index is 0.115. The highest BCUT2D eigenvalue weighted by molar-refractivity contribution is 7.89. The van der Waals surface area contributed by atoms with Crippen molar-refractivity contribution in [3.05, 3.63) is 59.7 Å². The van der Waals surface area contributed by atoms with Crippen molar-refractivity contribution in [2.24, 2.45) is 11.1 Å². The normalized spacial score (nSPS) is 19.9. The third kappa shape index (κ3) is 6.15. The van der Waals surface area contributed by atoms with Gasteiger partial charge in [-0.15, -0.1) is 0 Å². The number of benzene rings is 2. The molecule has 3 N–H and O–H groups in total. The Bertz CT molecular complexity index is 1180. The number of primary sulfonamides is 1. The second-order valence-corrected chi connectivity index (χ2v) is 11.7. The van der Waals surface area contributed by atoms with Crippen molar-refractivity contribution in [3.8, 4) is 0 Å². The lowest BCUT2D eigenvalue weighted by atomic mass is 10.1. The first-order valence-corrected chi connectivity index (χ1v) is 13.0. The second-order valence-electron chi connectivity index (χ2n) is 10.1. The molecular formula is C25H31N3O5S. The molecule has 0 unspecified atom stereocenters. The average Bonchev–Trinajstić information content (AvgIpc) is 3.65. The highest BCUT2D eigenvalue weighted by Gasteiger charge is 2.47. The molecule has 0 spiro atoms. The number of nitrogens with zero attached hydrogens (tertiary/aromatic N) is 1. The minimum atomic E-state index is -3.89.